The van der Waals surface area contributed by atoms with Gasteiger partial charge in [-0.2, -0.15) is 0 Å². The van der Waals surface area contributed by atoms with Crippen LogP contribution in [0.25, 0.3) is 0 Å². The number of methoxy groups -OCH3 is 2. The minimum atomic E-state index is -0.171. The molecule has 124 valence electrons. The fourth-order valence-corrected chi connectivity index (χ4v) is 3.42. The molecule has 1 heterocycles. The van der Waals surface area contributed by atoms with Crippen molar-refractivity contribution < 1.29 is 14.3 Å². The zero-order valence-electron chi connectivity index (χ0n) is 13.0. The second kappa shape index (κ2) is 8.79. The standard InChI is InChI=1S/C16H19BrN2O3S/c1-21-14-4-3-11(7-15(14)22-2)5-6-18-16(20)19-9-13-8-12(17)10-23-13/h3-4,7-8,10H,5-6,9H2,1-2H3,(H2,18,19,20). The normalized spacial score (nSPS) is 10.2. The molecule has 0 saturated heterocycles. The van der Waals surface area contributed by atoms with Gasteiger partial charge in [-0.25, -0.2) is 4.79 Å². The van der Waals surface area contributed by atoms with Crippen molar-refractivity contribution >= 4 is 33.3 Å². The maximum atomic E-state index is 11.8. The van der Waals surface area contributed by atoms with E-state index in [9.17, 15) is 4.79 Å². The van der Waals surface area contributed by atoms with Crippen molar-refractivity contribution in [1.29, 1.82) is 0 Å². The van der Waals surface area contributed by atoms with Crippen molar-refractivity contribution in [2.75, 3.05) is 20.8 Å². The van der Waals surface area contributed by atoms with Crippen LogP contribution in [0.3, 0.4) is 0 Å². The van der Waals surface area contributed by atoms with Gasteiger partial charge in [-0.1, -0.05) is 6.07 Å². The van der Waals surface area contributed by atoms with Gasteiger partial charge < -0.3 is 20.1 Å². The lowest BCUT2D eigenvalue weighted by Crippen LogP contribution is -2.36. The second-order valence-corrected chi connectivity index (χ2v) is 6.69. The Morgan fingerprint density at radius 3 is 2.61 bits per heavy atom. The van der Waals surface area contributed by atoms with Gasteiger partial charge in [0.15, 0.2) is 11.5 Å². The summed E-state index contributed by atoms with van der Waals surface area (Å²) in [5.74, 6) is 1.39. The third-order valence-corrected chi connectivity index (χ3v) is 4.89. The van der Waals surface area contributed by atoms with Crippen molar-refractivity contribution in [2.24, 2.45) is 0 Å². The summed E-state index contributed by atoms with van der Waals surface area (Å²) in [7, 11) is 3.21. The van der Waals surface area contributed by atoms with Crippen molar-refractivity contribution in [3.8, 4) is 11.5 Å². The van der Waals surface area contributed by atoms with E-state index >= 15 is 0 Å². The van der Waals surface area contributed by atoms with Crippen LogP contribution in [0.1, 0.15) is 10.4 Å². The molecular formula is C16H19BrN2O3S. The highest BCUT2D eigenvalue weighted by molar-refractivity contribution is 9.10. The van der Waals surface area contributed by atoms with Crippen molar-refractivity contribution in [1.82, 2.24) is 10.6 Å². The molecule has 0 spiro atoms. The Bertz CT molecular complexity index is 661. The quantitative estimate of drug-likeness (QED) is 0.749. The molecule has 0 radical (unpaired) electrons. The van der Waals surface area contributed by atoms with Crippen LogP contribution in [-0.4, -0.2) is 26.8 Å². The largest absolute Gasteiger partial charge is 0.493 e. The van der Waals surface area contributed by atoms with Crippen LogP contribution in [0.2, 0.25) is 0 Å². The molecule has 5 nitrogen and oxygen atoms in total. The number of halogens is 1. The van der Waals surface area contributed by atoms with E-state index < -0.39 is 0 Å². The first kappa shape index (κ1) is 17.6. The smallest absolute Gasteiger partial charge is 0.315 e. The van der Waals surface area contributed by atoms with Gasteiger partial charge in [0.2, 0.25) is 0 Å². The maximum Gasteiger partial charge on any atom is 0.315 e. The van der Waals surface area contributed by atoms with Crippen LogP contribution in [0.5, 0.6) is 11.5 Å². The zero-order valence-corrected chi connectivity index (χ0v) is 15.4. The Morgan fingerprint density at radius 2 is 1.96 bits per heavy atom. The lowest BCUT2D eigenvalue weighted by molar-refractivity contribution is 0.240. The summed E-state index contributed by atoms with van der Waals surface area (Å²) in [6.07, 6.45) is 0.721. The first-order valence-corrected chi connectivity index (χ1v) is 8.75. The predicted octanol–water partition coefficient (Wildman–Crippen LogP) is 3.57. The summed E-state index contributed by atoms with van der Waals surface area (Å²) in [6, 6.07) is 7.57. The highest BCUT2D eigenvalue weighted by Gasteiger charge is 2.06. The molecule has 23 heavy (non-hydrogen) atoms. The van der Waals surface area contributed by atoms with Gasteiger partial charge in [0.1, 0.15) is 0 Å². The molecule has 0 atom stereocenters. The summed E-state index contributed by atoms with van der Waals surface area (Å²) in [5.41, 5.74) is 1.07. The molecule has 1 aromatic heterocycles. The average Bonchev–Trinajstić information content (AvgIpc) is 2.98. The van der Waals surface area contributed by atoms with E-state index in [1.165, 1.54) is 0 Å². The fraction of sp³-hybridized carbons (Fsp3) is 0.312. The van der Waals surface area contributed by atoms with E-state index in [0.717, 1.165) is 21.3 Å². The SMILES string of the molecule is COc1ccc(CCNC(=O)NCc2cc(Br)cs2)cc1OC. The molecule has 0 aliphatic heterocycles. The highest BCUT2D eigenvalue weighted by Crippen LogP contribution is 2.27. The van der Waals surface area contributed by atoms with E-state index in [1.54, 1.807) is 25.6 Å². The number of rotatable bonds is 7. The van der Waals surface area contributed by atoms with Crippen LogP contribution < -0.4 is 20.1 Å². The molecule has 2 amide bonds. The van der Waals surface area contributed by atoms with Crippen molar-refractivity contribution in [2.45, 2.75) is 13.0 Å². The highest BCUT2D eigenvalue weighted by atomic mass is 79.9. The molecule has 0 fully saturated rings. The minimum absolute atomic E-state index is 0.171. The van der Waals surface area contributed by atoms with Gasteiger partial charge in [0.05, 0.1) is 20.8 Å². The third kappa shape index (κ3) is 5.44. The van der Waals surface area contributed by atoms with Gasteiger partial charge in [0, 0.05) is 21.3 Å². The Balaban J connectivity index is 1.74. The molecular weight excluding hydrogens is 380 g/mol. The summed E-state index contributed by atoms with van der Waals surface area (Å²) in [5, 5.41) is 7.67. The Hall–Kier alpha value is -1.73. The van der Waals surface area contributed by atoms with Crippen molar-refractivity contribution in [3.63, 3.8) is 0 Å². The number of carbonyl (C=O) groups excluding carboxylic acids is 1. The number of hydrogen-bond acceptors (Lipinski definition) is 4. The molecule has 1 aromatic carbocycles. The molecule has 7 heteroatoms. The third-order valence-electron chi connectivity index (χ3n) is 3.19. The predicted molar refractivity (Wildman–Crippen MR) is 95.5 cm³/mol. The van der Waals surface area contributed by atoms with Gasteiger partial charge in [-0.05, 0) is 46.1 Å². The molecule has 2 aromatic rings. The van der Waals surface area contributed by atoms with Crippen LogP contribution in [0.15, 0.2) is 34.1 Å². The Morgan fingerprint density at radius 1 is 1.17 bits per heavy atom. The van der Waals surface area contributed by atoms with Crippen LogP contribution in [0.4, 0.5) is 4.79 Å². The maximum absolute atomic E-state index is 11.8. The van der Waals surface area contributed by atoms with E-state index in [-0.39, 0.29) is 6.03 Å². The lowest BCUT2D eigenvalue weighted by atomic mass is 10.1. The summed E-state index contributed by atoms with van der Waals surface area (Å²) < 4.78 is 11.5. The van der Waals surface area contributed by atoms with E-state index in [0.29, 0.717) is 24.6 Å². The van der Waals surface area contributed by atoms with Gasteiger partial charge in [-0.15, -0.1) is 11.3 Å². The van der Waals surface area contributed by atoms with Crippen LogP contribution >= 0.6 is 27.3 Å². The number of hydrogen-bond donors (Lipinski definition) is 2. The Kier molecular flexibility index (Phi) is 6.73. The Labute approximate surface area is 148 Å². The van der Waals surface area contributed by atoms with Crippen molar-refractivity contribution in [3.05, 3.63) is 44.6 Å². The van der Waals surface area contributed by atoms with Gasteiger partial charge in [0.25, 0.3) is 0 Å². The van der Waals surface area contributed by atoms with Gasteiger partial charge in [-0.3, -0.25) is 0 Å². The lowest BCUT2D eigenvalue weighted by Gasteiger charge is -2.10. The number of thiophene rings is 1. The number of urea groups is 1. The topological polar surface area (TPSA) is 59.6 Å². The first-order valence-electron chi connectivity index (χ1n) is 7.08. The van der Waals surface area contributed by atoms with Gasteiger partial charge >= 0.3 is 6.03 Å². The summed E-state index contributed by atoms with van der Waals surface area (Å²) in [4.78, 5) is 12.9. The summed E-state index contributed by atoms with van der Waals surface area (Å²) >= 11 is 5.00. The number of ether oxygens (including phenoxy) is 2. The van der Waals surface area contributed by atoms with Crippen LogP contribution in [-0.2, 0) is 13.0 Å². The zero-order chi connectivity index (χ0) is 16.7. The molecule has 2 rings (SSSR count). The number of benzene rings is 1. The molecule has 0 aliphatic carbocycles. The molecule has 0 aliphatic rings. The van der Waals surface area contributed by atoms with E-state index in [1.807, 2.05) is 29.6 Å². The fourth-order valence-electron chi connectivity index (χ4n) is 2.03. The molecule has 0 unspecified atom stereocenters. The molecule has 2 N–H and O–H groups in total. The van der Waals surface area contributed by atoms with E-state index in [4.69, 9.17) is 9.47 Å². The number of nitrogens with one attached hydrogen (secondary N) is 2. The number of amides is 2. The molecule has 0 bridgehead atoms. The first-order chi connectivity index (χ1) is 11.1. The molecule has 0 saturated carbocycles. The second-order valence-electron chi connectivity index (χ2n) is 4.78. The summed E-state index contributed by atoms with van der Waals surface area (Å²) in [6.45, 7) is 1.08. The van der Waals surface area contributed by atoms with E-state index in [2.05, 4.69) is 26.6 Å². The monoisotopic (exact) mass is 398 g/mol. The van der Waals surface area contributed by atoms with Crippen LogP contribution in [0, 0.1) is 0 Å². The number of carbonyl (C=O) groups is 1. The average molecular weight is 399 g/mol. The minimum Gasteiger partial charge on any atom is -0.493 e.